The van der Waals surface area contributed by atoms with Crippen molar-refractivity contribution in [3.63, 3.8) is 0 Å². The molecule has 3 nitrogen and oxygen atoms in total. The lowest BCUT2D eigenvalue weighted by Gasteiger charge is -2.33. The molecule has 1 aliphatic heterocycles. The van der Waals surface area contributed by atoms with Gasteiger partial charge >= 0.3 is 6.09 Å². The van der Waals surface area contributed by atoms with E-state index in [9.17, 15) is 13.6 Å². The van der Waals surface area contributed by atoms with Crippen molar-refractivity contribution < 1.29 is 18.3 Å². The monoisotopic (exact) mass is 329 g/mol. The van der Waals surface area contributed by atoms with Gasteiger partial charge in [-0.25, -0.2) is 13.6 Å². The summed E-state index contributed by atoms with van der Waals surface area (Å²) in [6, 6.07) is 3.90. The molecule has 0 unspecified atom stereocenters. The maximum absolute atomic E-state index is 13.3. The second kappa shape index (κ2) is 6.86. The van der Waals surface area contributed by atoms with Gasteiger partial charge in [0.15, 0.2) is 11.6 Å². The van der Waals surface area contributed by atoms with Crippen molar-refractivity contribution >= 4 is 17.9 Å². The number of likely N-dealkylation sites (tertiary alicyclic amines) is 1. The Morgan fingerprint density at radius 2 is 2.05 bits per heavy atom. The van der Waals surface area contributed by atoms with Gasteiger partial charge in [0, 0.05) is 23.2 Å². The first kappa shape index (κ1) is 17.1. The molecular weight excluding hydrogens is 308 g/mol. The highest BCUT2D eigenvalue weighted by molar-refractivity contribution is 8.00. The first-order valence-corrected chi connectivity index (χ1v) is 8.22. The minimum Gasteiger partial charge on any atom is -0.444 e. The predicted octanol–water partition coefficient (Wildman–Crippen LogP) is 4.46. The number of amides is 1. The van der Waals surface area contributed by atoms with Crippen molar-refractivity contribution in [3.8, 4) is 0 Å². The lowest BCUT2D eigenvalue weighted by Crippen LogP contribution is -2.43. The molecule has 1 fully saturated rings. The normalized spacial score (nSPS) is 19.1. The summed E-state index contributed by atoms with van der Waals surface area (Å²) in [6.45, 7) is 6.73. The Kier molecular flexibility index (Phi) is 5.32. The van der Waals surface area contributed by atoms with Crippen molar-refractivity contribution in [1.82, 2.24) is 4.90 Å². The molecule has 0 aromatic heterocycles. The van der Waals surface area contributed by atoms with E-state index in [2.05, 4.69) is 0 Å². The van der Waals surface area contributed by atoms with E-state index in [0.29, 0.717) is 18.0 Å². The molecule has 0 aliphatic carbocycles. The number of nitrogens with zero attached hydrogens (tertiary/aromatic N) is 1. The van der Waals surface area contributed by atoms with Gasteiger partial charge in [-0.2, -0.15) is 0 Å². The molecule has 1 saturated heterocycles. The van der Waals surface area contributed by atoms with Crippen LogP contribution >= 0.6 is 11.8 Å². The van der Waals surface area contributed by atoms with E-state index >= 15 is 0 Å². The van der Waals surface area contributed by atoms with E-state index in [1.54, 1.807) is 11.0 Å². The van der Waals surface area contributed by atoms with E-state index in [1.807, 2.05) is 20.8 Å². The molecule has 1 atom stereocenters. The first-order chi connectivity index (χ1) is 10.2. The summed E-state index contributed by atoms with van der Waals surface area (Å²) in [6.07, 6.45) is 1.49. The first-order valence-electron chi connectivity index (χ1n) is 7.34. The fraction of sp³-hybridized carbons (Fsp3) is 0.562. The standard InChI is InChI=1S/C16H21F2NO2S/c1-16(2,3)21-15(20)19-8-4-5-12(10-19)22-11-6-7-13(17)14(18)9-11/h6-7,9,12H,4-5,8,10H2,1-3H3/t12-/m1/s1. The number of thioether (sulfide) groups is 1. The van der Waals surface area contributed by atoms with E-state index < -0.39 is 17.2 Å². The summed E-state index contributed by atoms with van der Waals surface area (Å²) in [7, 11) is 0. The minimum absolute atomic E-state index is 0.158. The topological polar surface area (TPSA) is 29.5 Å². The minimum atomic E-state index is -0.844. The summed E-state index contributed by atoms with van der Waals surface area (Å²) in [4.78, 5) is 14.5. The molecule has 0 spiro atoms. The second-order valence-corrected chi connectivity index (χ2v) is 7.76. The van der Waals surface area contributed by atoms with Crippen molar-refractivity contribution in [1.29, 1.82) is 0 Å². The molecule has 2 rings (SSSR count). The molecule has 1 aliphatic rings. The fourth-order valence-electron chi connectivity index (χ4n) is 2.27. The highest BCUT2D eigenvalue weighted by Gasteiger charge is 2.28. The number of piperidine rings is 1. The van der Waals surface area contributed by atoms with Crippen LogP contribution in [-0.4, -0.2) is 34.9 Å². The third kappa shape index (κ3) is 4.87. The molecule has 1 amide bonds. The second-order valence-electron chi connectivity index (χ2n) is 6.38. The Balaban J connectivity index is 1.95. The number of carbonyl (C=O) groups excluding carboxylic acids is 1. The zero-order valence-corrected chi connectivity index (χ0v) is 13.9. The molecule has 0 bridgehead atoms. The van der Waals surface area contributed by atoms with Crippen LogP contribution in [0.4, 0.5) is 13.6 Å². The lowest BCUT2D eigenvalue weighted by molar-refractivity contribution is 0.0220. The average molecular weight is 329 g/mol. The molecular formula is C16H21F2NO2S. The Hall–Kier alpha value is -1.30. The highest BCUT2D eigenvalue weighted by atomic mass is 32.2. The number of ether oxygens (including phenoxy) is 1. The van der Waals surface area contributed by atoms with E-state index in [-0.39, 0.29) is 11.3 Å². The Bertz CT molecular complexity index is 545. The summed E-state index contributed by atoms with van der Waals surface area (Å²) in [5.74, 6) is -1.69. The summed E-state index contributed by atoms with van der Waals surface area (Å²) >= 11 is 1.47. The number of benzene rings is 1. The third-order valence-corrected chi connectivity index (χ3v) is 4.47. The molecule has 1 aromatic carbocycles. The fourth-order valence-corrected chi connectivity index (χ4v) is 3.51. The van der Waals surface area contributed by atoms with Crippen molar-refractivity contribution in [3.05, 3.63) is 29.8 Å². The maximum atomic E-state index is 13.3. The molecule has 1 heterocycles. The molecule has 122 valence electrons. The molecule has 0 N–H and O–H groups in total. The van der Waals surface area contributed by atoms with Gasteiger partial charge in [-0.05, 0) is 51.8 Å². The van der Waals surface area contributed by atoms with Gasteiger partial charge in [0.05, 0.1) is 0 Å². The Morgan fingerprint density at radius 3 is 2.68 bits per heavy atom. The van der Waals surface area contributed by atoms with E-state index in [0.717, 1.165) is 18.9 Å². The Morgan fingerprint density at radius 1 is 1.32 bits per heavy atom. The van der Waals surface area contributed by atoms with Crippen molar-refractivity contribution in [2.75, 3.05) is 13.1 Å². The average Bonchev–Trinajstić information content (AvgIpc) is 2.41. The van der Waals surface area contributed by atoms with Crippen molar-refractivity contribution in [2.45, 2.75) is 49.4 Å². The lowest BCUT2D eigenvalue weighted by atomic mass is 10.1. The van der Waals surface area contributed by atoms with Gasteiger partial charge in [0.2, 0.25) is 0 Å². The van der Waals surface area contributed by atoms with Gasteiger partial charge in [0.25, 0.3) is 0 Å². The van der Waals surface area contributed by atoms with Crippen LogP contribution in [0, 0.1) is 11.6 Å². The number of hydrogen-bond donors (Lipinski definition) is 0. The molecule has 0 saturated carbocycles. The predicted molar refractivity (Wildman–Crippen MR) is 83.0 cm³/mol. The SMILES string of the molecule is CC(C)(C)OC(=O)N1CCC[C@@H](Sc2ccc(F)c(F)c2)C1. The number of rotatable bonds is 2. The van der Waals surface area contributed by atoms with Crippen LogP contribution in [-0.2, 0) is 4.74 Å². The van der Waals surface area contributed by atoms with Crippen LogP contribution in [0.1, 0.15) is 33.6 Å². The van der Waals surface area contributed by atoms with Crippen LogP contribution in [0.5, 0.6) is 0 Å². The summed E-state index contributed by atoms with van der Waals surface area (Å²) in [5, 5.41) is 0.158. The van der Waals surface area contributed by atoms with Crippen LogP contribution in [0.2, 0.25) is 0 Å². The van der Waals surface area contributed by atoms with Crippen molar-refractivity contribution in [2.24, 2.45) is 0 Å². The number of carbonyl (C=O) groups is 1. The zero-order chi connectivity index (χ0) is 16.3. The van der Waals surface area contributed by atoms with Crippen LogP contribution in [0.25, 0.3) is 0 Å². The quantitative estimate of drug-likeness (QED) is 0.802. The smallest absolute Gasteiger partial charge is 0.410 e. The van der Waals surface area contributed by atoms with Gasteiger partial charge in [0.1, 0.15) is 5.60 Å². The number of hydrogen-bond acceptors (Lipinski definition) is 3. The molecule has 0 radical (unpaired) electrons. The maximum Gasteiger partial charge on any atom is 0.410 e. The zero-order valence-electron chi connectivity index (χ0n) is 13.1. The van der Waals surface area contributed by atoms with Crippen LogP contribution in [0.15, 0.2) is 23.1 Å². The largest absolute Gasteiger partial charge is 0.444 e. The number of halogens is 2. The van der Waals surface area contributed by atoms with Gasteiger partial charge < -0.3 is 9.64 Å². The van der Waals surface area contributed by atoms with Crippen LogP contribution in [0.3, 0.4) is 0 Å². The summed E-state index contributed by atoms with van der Waals surface area (Å²) in [5.41, 5.74) is -0.517. The van der Waals surface area contributed by atoms with E-state index in [4.69, 9.17) is 4.74 Å². The third-order valence-electron chi connectivity index (χ3n) is 3.22. The Labute approximate surface area is 134 Å². The summed E-state index contributed by atoms with van der Waals surface area (Å²) < 4.78 is 31.6. The van der Waals surface area contributed by atoms with Gasteiger partial charge in [-0.3, -0.25) is 0 Å². The van der Waals surface area contributed by atoms with Gasteiger partial charge in [-0.15, -0.1) is 11.8 Å². The van der Waals surface area contributed by atoms with Crippen LogP contribution < -0.4 is 0 Å². The molecule has 6 heteroatoms. The molecule has 22 heavy (non-hydrogen) atoms. The molecule has 1 aromatic rings. The highest BCUT2D eigenvalue weighted by Crippen LogP contribution is 2.30. The van der Waals surface area contributed by atoms with Gasteiger partial charge in [-0.1, -0.05) is 0 Å². The van der Waals surface area contributed by atoms with E-state index in [1.165, 1.54) is 17.8 Å².